The molecule has 0 radical (unpaired) electrons. The first-order valence-corrected chi connectivity index (χ1v) is 8.28. The average Bonchev–Trinajstić information content (AvgIpc) is 2.56. The molecule has 4 heterocycles. The largest absolute Gasteiger partial charge is 0.383 e. The van der Waals surface area contributed by atoms with E-state index in [2.05, 4.69) is 53.2 Å². The summed E-state index contributed by atoms with van der Waals surface area (Å²) < 4.78 is 0. The predicted molar refractivity (Wildman–Crippen MR) is 91.5 cm³/mol. The molecule has 116 valence electrons. The molecule has 4 nitrogen and oxygen atoms in total. The topological polar surface area (TPSA) is 31.4 Å². The number of benzene rings is 1. The Bertz CT molecular complexity index is 689. The second-order valence-corrected chi connectivity index (χ2v) is 6.59. The highest BCUT2D eigenvalue weighted by Crippen LogP contribution is 2.28. The van der Waals surface area contributed by atoms with Gasteiger partial charge in [-0.1, -0.05) is 18.2 Å². The standard InChI is InChI=1S/C18H24N4/c1-13-14(2)20-17-6-4-3-5-16(17)18(13)19-11-15-12-21-7-9-22(15)10-8-21/h3-6,15H,7-12H2,1-2H3,(H,19,20). The minimum Gasteiger partial charge on any atom is -0.383 e. The van der Waals surface area contributed by atoms with E-state index in [4.69, 9.17) is 4.98 Å². The van der Waals surface area contributed by atoms with Gasteiger partial charge in [0.1, 0.15) is 0 Å². The Morgan fingerprint density at radius 1 is 1.14 bits per heavy atom. The number of nitrogens with zero attached hydrogens (tertiary/aromatic N) is 3. The summed E-state index contributed by atoms with van der Waals surface area (Å²) in [5, 5.41) is 4.98. The van der Waals surface area contributed by atoms with Crippen molar-refractivity contribution in [2.24, 2.45) is 0 Å². The molecule has 1 atom stereocenters. The molecule has 1 aromatic heterocycles. The van der Waals surface area contributed by atoms with Crippen molar-refractivity contribution in [3.05, 3.63) is 35.5 Å². The number of para-hydroxylation sites is 1. The van der Waals surface area contributed by atoms with E-state index in [0.29, 0.717) is 6.04 Å². The number of aromatic nitrogens is 1. The van der Waals surface area contributed by atoms with Crippen molar-refractivity contribution < 1.29 is 0 Å². The Labute approximate surface area is 132 Å². The quantitative estimate of drug-likeness (QED) is 0.941. The Balaban J connectivity index is 1.60. The molecule has 3 aliphatic heterocycles. The highest BCUT2D eigenvalue weighted by atomic mass is 15.3. The molecule has 0 aliphatic carbocycles. The van der Waals surface area contributed by atoms with Crippen molar-refractivity contribution in [3.63, 3.8) is 0 Å². The van der Waals surface area contributed by atoms with E-state index >= 15 is 0 Å². The summed E-state index contributed by atoms with van der Waals surface area (Å²) in [6.45, 7) is 11.4. The Kier molecular flexibility index (Phi) is 3.51. The van der Waals surface area contributed by atoms with Gasteiger partial charge in [-0.3, -0.25) is 14.8 Å². The van der Waals surface area contributed by atoms with E-state index in [1.807, 2.05) is 0 Å². The maximum absolute atomic E-state index is 4.71. The highest BCUT2D eigenvalue weighted by molar-refractivity contribution is 5.93. The van der Waals surface area contributed by atoms with E-state index in [1.165, 1.54) is 49.4 Å². The van der Waals surface area contributed by atoms with Crippen molar-refractivity contribution in [2.75, 3.05) is 44.6 Å². The molecule has 2 bridgehead atoms. The summed E-state index contributed by atoms with van der Waals surface area (Å²) >= 11 is 0. The lowest BCUT2D eigenvalue weighted by molar-refractivity contribution is 0.0189. The highest BCUT2D eigenvalue weighted by Gasteiger charge is 2.31. The first-order valence-electron chi connectivity index (χ1n) is 8.28. The van der Waals surface area contributed by atoms with Crippen LogP contribution in [0.5, 0.6) is 0 Å². The number of aryl methyl sites for hydroxylation is 1. The van der Waals surface area contributed by atoms with Crippen LogP contribution in [0.3, 0.4) is 0 Å². The van der Waals surface area contributed by atoms with Crippen LogP contribution in [0.2, 0.25) is 0 Å². The van der Waals surface area contributed by atoms with Gasteiger partial charge in [0.05, 0.1) is 5.52 Å². The molecule has 0 spiro atoms. The van der Waals surface area contributed by atoms with Gasteiger partial charge in [-0.05, 0) is 25.5 Å². The van der Waals surface area contributed by atoms with E-state index < -0.39 is 0 Å². The van der Waals surface area contributed by atoms with Gasteiger partial charge in [-0.2, -0.15) is 0 Å². The van der Waals surface area contributed by atoms with E-state index in [-0.39, 0.29) is 0 Å². The number of hydrogen-bond acceptors (Lipinski definition) is 4. The molecule has 1 unspecified atom stereocenters. The van der Waals surface area contributed by atoms with E-state index in [1.54, 1.807) is 0 Å². The fourth-order valence-electron chi connectivity index (χ4n) is 3.80. The van der Waals surface area contributed by atoms with Crippen LogP contribution in [0, 0.1) is 13.8 Å². The smallest absolute Gasteiger partial charge is 0.0726 e. The van der Waals surface area contributed by atoms with Crippen molar-refractivity contribution in [1.29, 1.82) is 0 Å². The number of rotatable bonds is 3. The van der Waals surface area contributed by atoms with Gasteiger partial charge in [0.2, 0.25) is 0 Å². The van der Waals surface area contributed by atoms with Gasteiger partial charge < -0.3 is 5.32 Å². The zero-order valence-corrected chi connectivity index (χ0v) is 13.5. The zero-order valence-electron chi connectivity index (χ0n) is 13.5. The van der Waals surface area contributed by atoms with E-state index in [9.17, 15) is 0 Å². The van der Waals surface area contributed by atoms with Crippen molar-refractivity contribution in [3.8, 4) is 0 Å². The Morgan fingerprint density at radius 2 is 1.91 bits per heavy atom. The minimum absolute atomic E-state index is 0.633. The number of pyridine rings is 1. The number of piperazine rings is 3. The Hall–Kier alpha value is -1.65. The fourth-order valence-corrected chi connectivity index (χ4v) is 3.80. The lowest BCUT2D eigenvalue weighted by Gasteiger charge is -2.47. The number of hydrogen-bond donors (Lipinski definition) is 1. The molecular weight excluding hydrogens is 272 g/mol. The maximum Gasteiger partial charge on any atom is 0.0726 e. The van der Waals surface area contributed by atoms with Crippen molar-refractivity contribution >= 4 is 16.6 Å². The summed E-state index contributed by atoms with van der Waals surface area (Å²) in [6, 6.07) is 9.07. The van der Waals surface area contributed by atoms with Crippen molar-refractivity contribution in [1.82, 2.24) is 14.8 Å². The van der Waals surface area contributed by atoms with Gasteiger partial charge in [0.15, 0.2) is 0 Å². The third-order valence-corrected chi connectivity index (χ3v) is 5.29. The monoisotopic (exact) mass is 296 g/mol. The third kappa shape index (κ3) is 2.36. The molecule has 1 N–H and O–H groups in total. The molecule has 5 rings (SSSR count). The van der Waals surface area contributed by atoms with Crippen LogP contribution < -0.4 is 5.32 Å². The first-order chi connectivity index (χ1) is 10.7. The molecule has 1 aromatic carbocycles. The normalized spacial score (nSPS) is 27.3. The van der Waals surface area contributed by atoms with Gasteiger partial charge in [-0.25, -0.2) is 0 Å². The second-order valence-electron chi connectivity index (χ2n) is 6.59. The number of nitrogens with one attached hydrogen (secondary N) is 1. The van der Waals surface area contributed by atoms with Crippen LogP contribution in [-0.2, 0) is 0 Å². The summed E-state index contributed by atoms with van der Waals surface area (Å²) in [5.41, 5.74) is 4.74. The van der Waals surface area contributed by atoms with Crippen LogP contribution in [0.25, 0.3) is 10.9 Å². The summed E-state index contributed by atoms with van der Waals surface area (Å²) in [6.07, 6.45) is 0. The molecule has 4 heteroatoms. The molecule has 0 saturated carbocycles. The molecule has 3 saturated heterocycles. The zero-order chi connectivity index (χ0) is 15.1. The molecule has 0 amide bonds. The van der Waals surface area contributed by atoms with Crippen LogP contribution in [-0.4, -0.2) is 60.1 Å². The van der Waals surface area contributed by atoms with Gasteiger partial charge >= 0.3 is 0 Å². The van der Waals surface area contributed by atoms with Crippen LogP contribution in [0.4, 0.5) is 5.69 Å². The molecule has 3 fully saturated rings. The lowest BCUT2D eigenvalue weighted by Crippen LogP contribution is -2.62. The SMILES string of the molecule is Cc1nc2ccccc2c(NCC2CN3CCN2CC3)c1C. The van der Waals surface area contributed by atoms with Crippen molar-refractivity contribution in [2.45, 2.75) is 19.9 Å². The first kappa shape index (κ1) is 14.0. The maximum atomic E-state index is 4.71. The predicted octanol–water partition coefficient (Wildman–Crippen LogP) is 2.26. The second kappa shape index (κ2) is 5.52. The lowest BCUT2D eigenvalue weighted by atomic mass is 10.1. The molecule has 2 aromatic rings. The van der Waals surface area contributed by atoms with Crippen LogP contribution in [0.15, 0.2) is 24.3 Å². The summed E-state index contributed by atoms with van der Waals surface area (Å²) in [5.74, 6) is 0. The summed E-state index contributed by atoms with van der Waals surface area (Å²) in [7, 11) is 0. The molecule has 22 heavy (non-hydrogen) atoms. The van der Waals surface area contributed by atoms with Crippen LogP contribution >= 0.6 is 0 Å². The molecular formula is C18H24N4. The fraction of sp³-hybridized carbons (Fsp3) is 0.500. The van der Waals surface area contributed by atoms with Gasteiger partial charge in [0, 0.05) is 62.1 Å². The molecule has 3 aliphatic rings. The average molecular weight is 296 g/mol. The number of anilines is 1. The third-order valence-electron chi connectivity index (χ3n) is 5.29. The minimum atomic E-state index is 0.633. The Morgan fingerprint density at radius 3 is 2.64 bits per heavy atom. The van der Waals surface area contributed by atoms with Gasteiger partial charge in [0.25, 0.3) is 0 Å². The van der Waals surface area contributed by atoms with Gasteiger partial charge in [-0.15, -0.1) is 0 Å². The summed E-state index contributed by atoms with van der Waals surface area (Å²) in [4.78, 5) is 9.94. The number of fused-ring (bicyclic) bond motifs is 4. The van der Waals surface area contributed by atoms with E-state index in [0.717, 1.165) is 17.8 Å². The van der Waals surface area contributed by atoms with Crippen LogP contribution in [0.1, 0.15) is 11.3 Å².